The molecule has 0 aromatic carbocycles. The Labute approximate surface area is 166 Å². The molecule has 0 heterocycles. The molecule has 0 aromatic heterocycles. The number of hydrogen-bond acceptors (Lipinski definition) is 4. The molecular formula is C19H27F2IO4. The van der Waals surface area contributed by atoms with Crippen LogP contribution in [0.4, 0.5) is 8.78 Å². The lowest BCUT2D eigenvalue weighted by Crippen LogP contribution is -2.62. The van der Waals surface area contributed by atoms with E-state index in [-0.39, 0.29) is 5.92 Å². The second-order valence-electron chi connectivity index (χ2n) is 8.60. The Hall–Kier alpha value is -0.470. The summed E-state index contributed by atoms with van der Waals surface area (Å²) in [5.74, 6) is -3.68. The quantitative estimate of drug-likeness (QED) is 0.319. The highest BCUT2D eigenvalue weighted by Gasteiger charge is 2.61. The molecular weight excluding hydrogens is 457 g/mol. The summed E-state index contributed by atoms with van der Waals surface area (Å²) >= 11 is 1.66. The van der Waals surface area contributed by atoms with Crippen LogP contribution in [0.3, 0.4) is 0 Å². The van der Waals surface area contributed by atoms with Crippen LogP contribution in [-0.4, -0.2) is 34.5 Å². The second-order valence-corrected chi connectivity index (χ2v) is 10.1. The van der Waals surface area contributed by atoms with Crippen LogP contribution in [0.25, 0.3) is 0 Å². The fraction of sp³-hybridized carbons (Fsp3) is 0.895. The van der Waals surface area contributed by atoms with Gasteiger partial charge >= 0.3 is 17.9 Å². The van der Waals surface area contributed by atoms with Crippen LogP contribution in [0.15, 0.2) is 0 Å². The second kappa shape index (κ2) is 7.17. The zero-order chi connectivity index (χ0) is 19.3. The van der Waals surface area contributed by atoms with Crippen LogP contribution in [0.2, 0.25) is 0 Å². The maximum absolute atomic E-state index is 13.9. The van der Waals surface area contributed by atoms with Crippen LogP contribution in [0.1, 0.15) is 52.4 Å². The average molecular weight is 484 g/mol. The fourth-order valence-electron chi connectivity index (χ4n) is 5.93. The van der Waals surface area contributed by atoms with Gasteiger partial charge in [0, 0.05) is 6.42 Å². The molecule has 1 unspecified atom stereocenters. The van der Waals surface area contributed by atoms with Gasteiger partial charge in [0.1, 0.15) is 9.53 Å². The van der Waals surface area contributed by atoms with Gasteiger partial charge in [-0.1, -0.05) is 36.4 Å². The molecule has 0 radical (unpaired) electrons. The van der Waals surface area contributed by atoms with Gasteiger partial charge in [-0.05, 0) is 61.7 Å². The van der Waals surface area contributed by atoms with E-state index >= 15 is 0 Å². The molecule has 4 saturated carbocycles. The number of esters is 2. The van der Waals surface area contributed by atoms with Crippen molar-refractivity contribution in [2.45, 2.75) is 67.8 Å². The first-order chi connectivity index (χ1) is 12.1. The van der Waals surface area contributed by atoms with Crippen LogP contribution in [-0.2, 0) is 19.1 Å². The molecule has 4 nitrogen and oxygen atoms in total. The van der Waals surface area contributed by atoms with Gasteiger partial charge in [0.15, 0.2) is 0 Å². The molecule has 1 atom stereocenters. The molecule has 0 spiro atoms. The summed E-state index contributed by atoms with van der Waals surface area (Å²) in [6, 6.07) is 0. The summed E-state index contributed by atoms with van der Waals surface area (Å²) in [6.07, 6.45) is 4.68. The van der Waals surface area contributed by atoms with Crippen LogP contribution in [0.5, 0.6) is 0 Å². The highest BCUT2D eigenvalue weighted by Crippen LogP contribution is 2.61. The number of hydrogen-bond donors (Lipinski definition) is 0. The predicted molar refractivity (Wildman–Crippen MR) is 100 cm³/mol. The number of ether oxygens (including phenoxy) is 2. The third kappa shape index (κ3) is 3.37. The maximum Gasteiger partial charge on any atom is 0.376 e. The highest BCUT2D eigenvalue weighted by atomic mass is 127. The largest absolute Gasteiger partial charge is 0.465 e. The van der Waals surface area contributed by atoms with Crippen molar-refractivity contribution < 1.29 is 27.8 Å². The molecule has 4 rings (SSSR count). The van der Waals surface area contributed by atoms with E-state index in [1.165, 1.54) is 6.42 Å². The minimum atomic E-state index is -3.69. The summed E-state index contributed by atoms with van der Waals surface area (Å²) in [5, 5.41) is 0. The van der Waals surface area contributed by atoms with E-state index in [1.54, 1.807) is 22.6 Å². The van der Waals surface area contributed by atoms with Crippen molar-refractivity contribution in [3.63, 3.8) is 0 Å². The van der Waals surface area contributed by atoms with Crippen LogP contribution in [0, 0.1) is 29.6 Å². The number of rotatable bonds is 6. The standard InChI is InChI=1S/C19H27F2IO4/c1-10(2)19(13-5-11-4-12(7-13)8-14(19)6-11)26-16(23)15(22)9-18(20,21)17(24)25-3/h10-15H,4-9H2,1-3H3. The Balaban J connectivity index is 1.75. The molecule has 0 N–H and O–H groups in total. The first-order valence-electron chi connectivity index (χ1n) is 9.43. The molecule has 0 aromatic rings. The van der Waals surface area contributed by atoms with Crippen molar-refractivity contribution in [1.82, 2.24) is 0 Å². The Bertz CT molecular complexity index is 550. The van der Waals surface area contributed by atoms with Crippen LogP contribution >= 0.6 is 22.6 Å². The van der Waals surface area contributed by atoms with Crippen molar-refractivity contribution in [1.29, 1.82) is 0 Å². The van der Waals surface area contributed by atoms with Gasteiger partial charge in [0.25, 0.3) is 0 Å². The lowest BCUT2D eigenvalue weighted by molar-refractivity contribution is -0.225. The Morgan fingerprint density at radius 2 is 1.62 bits per heavy atom. The van der Waals surface area contributed by atoms with Crippen molar-refractivity contribution in [2.75, 3.05) is 7.11 Å². The van der Waals surface area contributed by atoms with E-state index in [9.17, 15) is 18.4 Å². The third-order valence-corrected chi connectivity index (χ3v) is 7.72. The van der Waals surface area contributed by atoms with E-state index < -0.39 is 33.8 Å². The molecule has 4 fully saturated rings. The predicted octanol–water partition coefficient (Wildman–Crippen LogP) is 4.38. The minimum absolute atomic E-state index is 0.145. The summed E-state index contributed by atoms with van der Waals surface area (Å²) in [4.78, 5) is 23.9. The third-order valence-electron chi connectivity index (χ3n) is 6.77. The first kappa shape index (κ1) is 20.3. The molecule has 4 aliphatic carbocycles. The summed E-state index contributed by atoms with van der Waals surface area (Å²) < 4.78 is 36.8. The van der Waals surface area contributed by atoms with Gasteiger partial charge in [0.05, 0.1) is 7.11 Å². The molecule has 0 amide bonds. The topological polar surface area (TPSA) is 52.6 Å². The monoisotopic (exact) mass is 484 g/mol. The maximum atomic E-state index is 13.9. The van der Waals surface area contributed by atoms with E-state index in [0.29, 0.717) is 11.8 Å². The summed E-state index contributed by atoms with van der Waals surface area (Å²) in [5.41, 5.74) is -0.547. The van der Waals surface area contributed by atoms with E-state index in [0.717, 1.165) is 44.6 Å². The minimum Gasteiger partial charge on any atom is -0.465 e. The van der Waals surface area contributed by atoms with Gasteiger partial charge < -0.3 is 9.47 Å². The number of alkyl halides is 3. The fourth-order valence-corrected chi connectivity index (χ4v) is 6.61. The van der Waals surface area contributed by atoms with Gasteiger partial charge in [-0.15, -0.1) is 0 Å². The zero-order valence-corrected chi connectivity index (χ0v) is 17.6. The Morgan fingerprint density at radius 3 is 2.04 bits per heavy atom. The van der Waals surface area contributed by atoms with E-state index in [2.05, 4.69) is 18.6 Å². The Morgan fingerprint density at radius 1 is 1.12 bits per heavy atom. The number of halogens is 3. The molecule has 0 aliphatic heterocycles. The summed E-state index contributed by atoms with van der Waals surface area (Å²) in [6.45, 7) is 4.14. The molecule has 148 valence electrons. The molecule has 4 aliphatic rings. The van der Waals surface area contributed by atoms with Gasteiger partial charge in [-0.2, -0.15) is 8.78 Å². The molecule has 4 bridgehead atoms. The normalized spacial score (nSPS) is 36.9. The van der Waals surface area contributed by atoms with E-state index in [4.69, 9.17) is 4.74 Å². The van der Waals surface area contributed by atoms with Gasteiger partial charge in [-0.25, -0.2) is 4.79 Å². The van der Waals surface area contributed by atoms with Crippen LogP contribution < -0.4 is 0 Å². The number of carbonyl (C=O) groups is 2. The lowest BCUT2D eigenvalue weighted by atomic mass is 9.47. The number of methoxy groups -OCH3 is 1. The molecule has 26 heavy (non-hydrogen) atoms. The lowest BCUT2D eigenvalue weighted by Gasteiger charge is -2.62. The first-order valence-corrected chi connectivity index (χ1v) is 10.7. The molecule has 7 heteroatoms. The van der Waals surface area contributed by atoms with Crippen molar-refractivity contribution in [3.05, 3.63) is 0 Å². The van der Waals surface area contributed by atoms with Gasteiger partial charge in [0.2, 0.25) is 0 Å². The summed E-state index contributed by atoms with van der Waals surface area (Å²) in [7, 11) is 0.916. The SMILES string of the molecule is COC(=O)C(F)(F)CC(I)C(=O)OC1(C(C)C)C2CC3CC(C2)CC1C3. The smallest absolute Gasteiger partial charge is 0.376 e. The number of carbonyl (C=O) groups excluding carboxylic acids is 2. The highest BCUT2D eigenvalue weighted by molar-refractivity contribution is 14.1. The molecule has 0 saturated heterocycles. The van der Waals surface area contributed by atoms with Crippen molar-refractivity contribution in [2.24, 2.45) is 29.6 Å². The average Bonchev–Trinajstić information content (AvgIpc) is 2.55. The van der Waals surface area contributed by atoms with Crippen molar-refractivity contribution in [3.8, 4) is 0 Å². The van der Waals surface area contributed by atoms with E-state index in [1.807, 2.05) is 0 Å². The van der Waals surface area contributed by atoms with Crippen molar-refractivity contribution >= 4 is 34.5 Å². The Kier molecular flexibility index (Phi) is 5.59. The zero-order valence-electron chi connectivity index (χ0n) is 15.5. The van der Waals surface area contributed by atoms with Gasteiger partial charge in [-0.3, -0.25) is 4.79 Å².